The number of fused-ring (bicyclic) bond motifs is 7. The van der Waals surface area contributed by atoms with Gasteiger partial charge in [0.15, 0.2) is 0 Å². The van der Waals surface area contributed by atoms with Gasteiger partial charge in [-0.05, 0) is 109 Å². The number of hydrogen-bond acceptors (Lipinski definition) is 1. The van der Waals surface area contributed by atoms with E-state index in [2.05, 4.69) is 252 Å². The molecule has 0 bridgehead atoms. The number of anilines is 3. The summed E-state index contributed by atoms with van der Waals surface area (Å²) in [7, 11) is 0. The van der Waals surface area contributed by atoms with E-state index in [1.807, 2.05) is 0 Å². The second kappa shape index (κ2) is 14.8. The Hall–Kier alpha value is -8.20. The van der Waals surface area contributed by atoms with Crippen LogP contribution in [0.15, 0.2) is 243 Å². The first kappa shape index (κ1) is 35.7. The summed E-state index contributed by atoms with van der Waals surface area (Å²) in [6, 6.07) is 88.5. The summed E-state index contributed by atoms with van der Waals surface area (Å²) in [4.78, 5) is 2.41. The Kier molecular flexibility index (Phi) is 8.53. The molecular weight excluding hydrogens is 749 g/mol. The normalized spacial score (nSPS) is 11.5. The summed E-state index contributed by atoms with van der Waals surface area (Å²) in [6.07, 6.45) is 0. The second-order valence-corrected chi connectivity index (χ2v) is 16.1. The Labute approximate surface area is 360 Å². The van der Waals surface area contributed by atoms with Gasteiger partial charge in [-0.25, -0.2) is 0 Å². The maximum absolute atomic E-state index is 2.52. The Morgan fingerprint density at radius 1 is 0.274 bits per heavy atom. The Balaban J connectivity index is 1.13. The zero-order valence-electron chi connectivity index (χ0n) is 34.0. The van der Waals surface area contributed by atoms with Crippen molar-refractivity contribution in [2.24, 2.45) is 0 Å². The van der Waals surface area contributed by atoms with Crippen LogP contribution in [0.3, 0.4) is 0 Å². The fraction of sp³-hybridized carbons (Fsp3) is 0. The van der Waals surface area contributed by atoms with Gasteiger partial charge in [0.25, 0.3) is 0 Å². The van der Waals surface area contributed by atoms with E-state index >= 15 is 0 Å². The number of hydrogen-bond donors (Lipinski definition) is 0. The highest BCUT2D eigenvalue weighted by Crippen LogP contribution is 2.46. The quantitative estimate of drug-likeness (QED) is 0.156. The van der Waals surface area contributed by atoms with Crippen molar-refractivity contribution >= 4 is 71.2 Å². The third-order valence-corrected chi connectivity index (χ3v) is 12.6. The Bertz CT molecular complexity index is 3520. The lowest BCUT2D eigenvalue weighted by atomic mass is 9.93. The van der Waals surface area contributed by atoms with Gasteiger partial charge >= 0.3 is 0 Å². The SMILES string of the molecule is c1ccc(-c2ccc(N(c3ccc(-c4ccccc4)cc3)c3cc(-n4c5cccc(-c6cccc7ccccc67)c5c5c6ccccc6ccc54)c4ccccc4c3)cc2)cc1. The van der Waals surface area contributed by atoms with Crippen molar-refractivity contribution in [2.75, 3.05) is 4.90 Å². The summed E-state index contributed by atoms with van der Waals surface area (Å²) in [5, 5.41) is 9.86. The highest BCUT2D eigenvalue weighted by Gasteiger charge is 2.22. The van der Waals surface area contributed by atoms with E-state index in [9.17, 15) is 0 Å². The second-order valence-electron chi connectivity index (χ2n) is 16.1. The van der Waals surface area contributed by atoms with Crippen molar-refractivity contribution in [3.8, 4) is 39.1 Å². The summed E-state index contributed by atoms with van der Waals surface area (Å²) < 4.78 is 2.52. The van der Waals surface area contributed by atoms with Gasteiger partial charge in [0, 0.05) is 33.2 Å². The van der Waals surface area contributed by atoms with Crippen LogP contribution in [0, 0.1) is 0 Å². The van der Waals surface area contributed by atoms with E-state index in [4.69, 9.17) is 0 Å². The average molecular weight is 789 g/mol. The van der Waals surface area contributed by atoms with Gasteiger partial charge in [0.1, 0.15) is 0 Å². The first-order valence-corrected chi connectivity index (χ1v) is 21.3. The van der Waals surface area contributed by atoms with E-state index in [1.165, 1.54) is 87.5 Å². The molecule has 12 rings (SSSR count). The van der Waals surface area contributed by atoms with E-state index in [0.717, 1.165) is 22.7 Å². The van der Waals surface area contributed by atoms with Gasteiger partial charge in [-0.1, -0.05) is 194 Å². The molecule has 0 radical (unpaired) electrons. The zero-order chi connectivity index (χ0) is 41.0. The third kappa shape index (κ3) is 5.96. The van der Waals surface area contributed by atoms with Gasteiger partial charge in [-0.2, -0.15) is 0 Å². The van der Waals surface area contributed by atoms with Gasteiger partial charge in [-0.15, -0.1) is 0 Å². The molecule has 1 heterocycles. The summed E-state index contributed by atoms with van der Waals surface area (Å²) in [6.45, 7) is 0. The lowest BCUT2D eigenvalue weighted by Crippen LogP contribution is -2.11. The molecule has 0 N–H and O–H groups in total. The Morgan fingerprint density at radius 2 is 0.758 bits per heavy atom. The molecule has 2 heteroatoms. The maximum atomic E-state index is 2.52. The molecule has 0 aliphatic rings. The van der Waals surface area contributed by atoms with Crippen LogP contribution in [0.5, 0.6) is 0 Å². The lowest BCUT2D eigenvalue weighted by Gasteiger charge is -2.27. The number of nitrogens with zero attached hydrogens (tertiary/aromatic N) is 2. The van der Waals surface area contributed by atoms with Gasteiger partial charge < -0.3 is 9.47 Å². The maximum Gasteiger partial charge on any atom is 0.0561 e. The molecule has 0 amide bonds. The van der Waals surface area contributed by atoms with Crippen molar-refractivity contribution in [3.05, 3.63) is 243 Å². The lowest BCUT2D eigenvalue weighted by molar-refractivity contribution is 1.19. The minimum absolute atomic E-state index is 1.08. The first-order chi connectivity index (χ1) is 30.8. The Morgan fingerprint density at radius 3 is 1.42 bits per heavy atom. The molecule has 0 saturated heterocycles. The number of aromatic nitrogens is 1. The monoisotopic (exact) mass is 788 g/mol. The predicted octanol–water partition coefficient (Wildman–Crippen LogP) is 16.7. The molecule has 0 fully saturated rings. The standard InChI is InChI=1S/C60H40N2/c1-3-15-41(16-4-1)43-29-34-48(35-30-43)61(49-36-31-44(32-37-49)42-17-5-2-6-18-42)50-39-47-21-9-11-24-52(47)58(40-50)62-56-28-14-27-55(54-26-13-22-45-19-7-10-23-51(45)54)60(56)59-53-25-12-8-20-46(53)33-38-57(59)62/h1-40H. The van der Waals surface area contributed by atoms with Crippen LogP contribution in [0.25, 0.3) is 93.2 Å². The minimum Gasteiger partial charge on any atom is -0.310 e. The van der Waals surface area contributed by atoms with Crippen molar-refractivity contribution < 1.29 is 0 Å². The van der Waals surface area contributed by atoms with Crippen LogP contribution in [-0.2, 0) is 0 Å². The van der Waals surface area contributed by atoms with Crippen LogP contribution < -0.4 is 4.90 Å². The molecule has 0 aliphatic heterocycles. The van der Waals surface area contributed by atoms with Crippen molar-refractivity contribution in [1.29, 1.82) is 0 Å². The largest absolute Gasteiger partial charge is 0.310 e. The summed E-state index contributed by atoms with van der Waals surface area (Å²) in [5.74, 6) is 0. The van der Waals surface area contributed by atoms with Crippen LogP contribution in [0.1, 0.15) is 0 Å². The number of benzene rings is 11. The molecule has 290 valence electrons. The molecular formula is C60H40N2. The van der Waals surface area contributed by atoms with Crippen molar-refractivity contribution in [1.82, 2.24) is 4.57 Å². The molecule has 11 aromatic carbocycles. The molecule has 1 aromatic heterocycles. The van der Waals surface area contributed by atoms with Crippen LogP contribution in [0.2, 0.25) is 0 Å². The van der Waals surface area contributed by atoms with E-state index in [0.29, 0.717) is 0 Å². The smallest absolute Gasteiger partial charge is 0.0561 e. The van der Waals surface area contributed by atoms with Gasteiger partial charge in [0.2, 0.25) is 0 Å². The predicted molar refractivity (Wildman–Crippen MR) is 264 cm³/mol. The van der Waals surface area contributed by atoms with Crippen molar-refractivity contribution in [2.45, 2.75) is 0 Å². The van der Waals surface area contributed by atoms with Gasteiger partial charge in [-0.3, -0.25) is 0 Å². The molecule has 0 saturated carbocycles. The third-order valence-electron chi connectivity index (χ3n) is 12.6. The average Bonchev–Trinajstić information content (AvgIpc) is 3.70. The minimum atomic E-state index is 1.08. The molecule has 0 unspecified atom stereocenters. The summed E-state index contributed by atoms with van der Waals surface area (Å²) in [5.41, 5.74) is 14.0. The molecule has 2 nitrogen and oxygen atoms in total. The van der Waals surface area contributed by atoms with Crippen LogP contribution >= 0.6 is 0 Å². The molecule has 0 atom stereocenters. The topological polar surface area (TPSA) is 8.17 Å². The molecule has 62 heavy (non-hydrogen) atoms. The van der Waals surface area contributed by atoms with Crippen molar-refractivity contribution in [3.63, 3.8) is 0 Å². The molecule has 12 aromatic rings. The fourth-order valence-corrected chi connectivity index (χ4v) is 9.68. The van der Waals surface area contributed by atoms with Gasteiger partial charge in [0.05, 0.1) is 16.7 Å². The van der Waals surface area contributed by atoms with E-state index < -0.39 is 0 Å². The van der Waals surface area contributed by atoms with E-state index in [-0.39, 0.29) is 0 Å². The summed E-state index contributed by atoms with van der Waals surface area (Å²) >= 11 is 0. The van der Waals surface area contributed by atoms with E-state index in [1.54, 1.807) is 0 Å². The van der Waals surface area contributed by atoms with Crippen LogP contribution in [0.4, 0.5) is 17.1 Å². The first-order valence-electron chi connectivity index (χ1n) is 21.3. The van der Waals surface area contributed by atoms with Crippen LogP contribution in [-0.4, -0.2) is 4.57 Å². The highest BCUT2D eigenvalue weighted by atomic mass is 15.1. The highest BCUT2D eigenvalue weighted by molar-refractivity contribution is 6.26. The zero-order valence-corrected chi connectivity index (χ0v) is 34.0. The molecule has 0 spiro atoms. The fourth-order valence-electron chi connectivity index (χ4n) is 9.68. The number of rotatable bonds is 7. The molecule has 0 aliphatic carbocycles.